The smallest absolute Gasteiger partial charge is 0.265 e. The summed E-state index contributed by atoms with van der Waals surface area (Å²) in [5, 5.41) is 10.9. The van der Waals surface area contributed by atoms with Crippen LogP contribution in [-0.2, 0) is 6.54 Å². The first kappa shape index (κ1) is 15.3. The molecule has 0 atom stereocenters. The average molecular weight is 337 g/mol. The molecule has 0 aliphatic rings. The van der Waals surface area contributed by atoms with Gasteiger partial charge in [-0.15, -0.1) is 5.10 Å². The van der Waals surface area contributed by atoms with Crippen molar-refractivity contribution in [3.05, 3.63) is 59.1 Å². The first-order chi connectivity index (χ1) is 11.1. The van der Waals surface area contributed by atoms with Gasteiger partial charge >= 0.3 is 0 Å². The largest absolute Gasteiger partial charge is 0.348 e. The number of nitrogens with one attached hydrogen (secondary N) is 1. The first-order valence-corrected chi connectivity index (χ1v) is 7.01. The van der Waals surface area contributed by atoms with Gasteiger partial charge in [-0.2, -0.15) is 0 Å². The second kappa shape index (κ2) is 6.66. The number of halogens is 3. The number of aromatic nitrogens is 5. The molecular formula is C14H11ClF2N6. The van der Waals surface area contributed by atoms with Crippen molar-refractivity contribution >= 4 is 17.5 Å². The SMILES string of the molecule is FC(F)c1cc(-n2cc(CNc3ncccn3)nn2)ccc1Cl. The summed E-state index contributed by atoms with van der Waals surface area (Å²) in [6.07, 6.45) is 2.22. The van der Waals surface area contributed by atoms with E-state index in [0.29, 0.717) is 23.9 Å². The maximum atomic E-state index is 12.9. The van der Waals surface area contributed by atoms with E-state index in [-0.39, 0.29) is 10.6 Å². The Balaban J connectivity index is 1.75. The van der Waals surface area contributed by atoms with Crippen LogP contribution >= 0.6 is 11.6 Å². The van der Waals surface area contributed by atoms with Gasteiger partial charge in [0.1, 0.15) is 5.69 Å². The molecule has 0 amide bonds. The standard InChI is InChI=1S/C14H11ClF2N6/c15-12-3-2-10(6-11(12)13(16)17)23-8-9(21-22-23)7-20-14-18-4-1-5-19-14/h1-6,8,13H,7H2,(H,18,19,20). The topological polar surface area (TPSA) is 68.5 Å². The highest BCUT2D eigenvalue weighted by atomic mass is 35.5. The van der Waals surface area contributed by atoms with Gasteiger partial charge in [0, 0.05) is 23.0 Å². The summed E-state index contributed by atoms with van der Waals surface area (Å²) in [4.78, 5) is 8.05. The molecule has 0 aliphatic heterocycles. The Morgan fingerprint density at radius 2 is 2.00 bits per heavy atom. The summed E-state index contributed by atoms with van der Waals surface area (Å²) in [5.41, 5.74) is 0.836. The molecule has 0 bridgehead atoms. The molecule has 1 aromatic carbocycles. The van der Waals surface area contributed by atoms with Crippen LogP contribution in [0.25, 0.3) is 5.69 Å². The minimum atomic E-state index is -2.65. The molecule has 6 nitrogen and oxygen atoms in total. The van der Waals surface area contributed by atoms with Gasteiger partial charge in [0.05, 0.1) is 18.4 Å². The van der Waals surface area contributed by atoms with Crippen LogP contribution in [-0.4, -0.2) is 25.0 Å². The third-order valence-electron chi connectivity index (χ3n) is 3.01. The number of anilines is 1. The van der Waals surface area contributed by atoms with Crippen LogP contribution in [0.1, 0.15) is 17.7 Å². The van der Waals surface area contributed by atoms with Crippen LogP contribution in [0.4, 0.5) is 14.7 Å². The Morgan fingerprint density at radius 3 is 2.74 bits per heavy atom. The Labute approximate surface area is 135 Å². The van der Waals surface area contributed by atoms with Gasteiger partial charge in [0.25, 0.3) is 6.43 Å². The highest BCUT2D eigenvalue weighted by Gasteiger charge is 2.14. The van der Waals surface area contributed by atoms with Crippen LogP contribution in [0.15, 0.2) is 42.9 Å². The van der Waals surface area contributed by atoms with Crippen LogP contribution in [0.2, 0.25) is 5.02 Å². The van der Waals surface area contributed by atoms with Gasteiger partial charge in [-0.25, -0.2) is 23.4 Å². The summed E-state index contributed by atoms with van der Waals surface area (Å²) in [6.45, 7) is 0.360. The fourth-order valence-electron chi connectivity index (χ4n) is 1.91. The molecular weight excluding hydrogens is 326 g/mol. The van der Waals surface area contributed by atoms with Crippen LogP contribution in [0.5, 0.6) is 0 Å². The van der Waals surface area contributed by atoms with Crippen molar-refractivity contribution in [1.82, 2.24) is 25.0 Å². The minimum Gasteiger partial charge on any atom is -0.348 e. The van der Waals surface area contributed by atoms with E-state index in [1.54, 1.807) is 30.7 Å². The molecule has 3 rings (SSSR count). The van der Waals surface area contributed by atoms with Crippen LogP contribution in [0, 0.1) is 0 Å². The van der Waals surface area contributed by atoms with E-state index in [1.807, 2.05) is 0 Å². The van der Waals surface area contributed by atoms with Crippen LogP contribution in [0.3, 0.4) is 0 Å². The Morgan fingerprint density at radius 1 is 1.22 bits per heavy atom. The molecule has 0 fully saturated rings. The molecule has 23 heavy (non-hydrogen) atoms. The minimum absolute atomic E-state index is 0.0204. The maximum Gasteiger partial charge on any atom is 0.265 e. The summed E-state index contributed by atoms with van der Waals surface area (Å²) in [6, 6.07) is 6.01. The number of nitrogens with zero attached hydrogens (tertiary/aromatic N) is 5. The van der Waals surface area contributed by atoms with Gasteiger partial charge in [0.15, 0.2) is 0 Å². The van der Waals surface area contributed by atoms with Gasteiger partial charge in [-0.3, -0.25) is 0 Å². The van der Waals surface area contributed by atoms with Crippen molar-refractivity contribution < 1.29 is 8.78 Å². The van der Waals surface area contributed by atoms with E-state index in [0.717, 1.165) is 0 Å². The van der Waals surface area contributed by atoms with Gasteiger partial charge < -0.3 is 5.32 Å². The van der Waals surface area contributed by atoms with E-state index in [4.69, 9.17) is 11.6 Å². The van der Waals surface area contributed by atoms with Gasteiger partial charge in [-0.05, 0) is 24.3 Å². The van der Waals surface area contributed by atoms with Crippen molar-refractivity contribution in [3.63, 3.8) is 0 Å². The fourth-order valence-corrected chi connectivity index (χ4v) is 2.11. The molecule has 9 heteroatoms. The summed E-state index contributed by atoms with van der Waals surface area (Å²) < 4.78 is 27.2. The molecule has 2 aromatic heterocycles. The van der Waals surface area contributed by atoms with Crippen molar-refractivity contribution in [2.24, 2.45) is 0 Å². The second-order valence-corrected chi connectivity index (χ2v) is 4.99. The monoisotopic (exact) mass is 336 g/mol. The number of rotatable bonds is 5. The summed E-state index contributed by atoms with van der Waals surface area (Å²) >= 11 is 5.75. The third-order valence-corrected chi connectivity index (χ3v) is 3.36. The summed E-state index contributed by atoms with van der Waals surface area (Å²) in [7, 11) is 0. The highest BCUT2D eigenvalue weighted by Crippen LogP contribution is 2.28. The predicted molar refractivity (Wildman–Crippen MR) is 80.7 cm³/mol. The zero-order chi connectivity index (χ0) is 16.2. The van der Waals surface area contributed by atoms with Gasteiger partial charge in [-0.1, -0.05) is 16.8 Å². The molecule has 0 aliphatic carbocycles. The molecule has 1 N–H and O–H groups in total. The second-order valence-electron chi connectivity index (χ2n) is 4.59. The van der Waals surface area contributed by atoms with Crippen molar-refractivity contribution in [2.45, 2.75) is 13.0 Å². The molecule has 0 spiro atoms. The van der Waals surface area contributed by atoms with Crippen LogP contribution < -0.4 is 5.32 Å². The molecule has 0 radical (unpaired) electrons. The predicted octanol–water partition coefficient (Wildman–Crippen LogP) is 3.26. The third kappa shape index (κ3) is 3.59. The normalized spacial score (nSPS) is 11.0. The fraction of sp³-hybridized carbons (Fsp3) is 0.143. The lowest BCUT2D eigenvalue weighted by Gasteiger charge is -2.06. The number of hydrogen-bond acceptors (Lipinski definition) is 5. The van der Waals surface area contributed by atoms with Crippen molar-refractivity contribution in [2.75, 3.05) is 5.32 Å². The van der Waals surface area contributed by atoms with E-state index < -0.39 is 6.43 Å². The Kier molecular flexibility index (Phi) is 4.42. The number of benzene rings is 1. The molecule has 118 valence electrons. The summed E-state index contributed by atoms with van der Waals surface area (Å²) in [5.74, 6) is 0.466. The molecule has 0 saturated heterocycles. The van der Waals surface area contributed by atoms with E-state index in [2.05, 4.69) is 25.6 Å². The Bertz CT molecular complexity index is 793. The highest BCUT2D eigenvalue weighted by molar-refractivity contribution is 6.31. The Hall–Kier alpha value is -2.61. The maximum absolute atomic E-state index is 12.9. The first-order valence-electron chi connectivity index (χ1n) is 6.63. The molecule has 0 unspecified atom stereocenters. The van der Waals surface area contributed by atoms with Crippen molar-refractivity contribution in [1.29, 1.82) is 0 Å². The molecule has 0 saturated carbocycles. The lowest BCUT2D eigenvalue weighted by atomic mass is 10.2. The van der Waals surface area contributed by atoms with E-state index in [1.165, 1.54) is 16.8 Å². The quantitative estimate of drug-likeness (QED) is 0.774. The van der Waals surface area contributed by atoms with Crippen molar-refractivity contribution in [3.8, 4) is 5.69 Å². The molecule has 3 aromatic rings. The lowest BCUT2D eigenvalue weighted by Crippen LogP contribution is -2.03. The average Bonchev–Trinajstić information content (AvgIpc) is 3.03. The zero-order valence-corrected chi connectivity index (χ0v) is 12.5. The van der Waals surface area contributed by atoms with Gasteiger partial charge in [0.2, 0.25) is 5.95 Å². The lowest BCUT2D eigenvalue weighted by molar-refractivity contribution is 0.151. The molecule has 2 heterocycles. The zero-order valence-electron chi connectivity index (χ0n) is 11.7. The number of alkyl halides is 2. The van der Waals surface area contributed by atoms with E-state index >= 15 is 0 Å². The number of hydrogen-bond donors (Lipinski definition) is 1. The van der Waals surface area contributed by atoms with E-state index in [9.17, 15) is 8.78 Å².